The van der Waals surface area contributed by atoms with Crippen molar-refractivity contribution < 1.29 is 23.0 Å². The van der Waals surface area contributed by atoms with Crippen molar-refractivity contribution in [1.82, 2.24) is 5.48 Å². The summed E-state index contributed by atoms with van der Waals surface area (Å²) in [6.45, 7) is 0. The Hall–Kier alpha value is -2.30. The van der Waals surface area contributed by atoms with Crippen LogP contribution in [0.3, 0.4) is 0 Å². The average Bonchev–Trinajstić information content (AvgIpc) is 2.68. The van der Waals surface area contributed by atoms with Gasteiger partial charge in [-0.15, -0.1) is 4.62 Å². The largest absolute Gasteiger partial charge is 0.609 e. The third-order valence-corrected chi connectivity index (χ3v) is 5.34. The molecule has 0 atom stereocenters. The molecule has 0 radical (unpaired) electrons. The predicted octanol–water partition coefficient (Wildman–Crippen LogP) is 4.88. The first kappa shape index (κ1) is 18.5. The predicted molar refractivity (Wildman–Crippen MR) is 97.5 cm³/mol. The Balaban J connectivity index is 1.69. The van der Waals surface area contributed by atoms with Gasteiger partial charge < -0.3 is 9.05 Å². The van der Waals surface area contributed by atoms with E-state index in [1.54, 1.807) is 48.5 Å². The highest BCUT2D eigenvalue weighted by Crippen LogP contribution is 2.48. The molecule has 0 spiro atoms. The number of phosphoric acid groups is 1. The molecule has 0 heterocycles. The van der Waals surface area contributed by atoms with Crippen molar-refractivity contribution in [3.05, 3.63) is 60.7 Å². The van der Waals surface area contributed by atoms with Crippen LogP contribution in [0.15, 0.2) is 60.7 Å². The minimum absolute atomic E-state index is 0.134. The molecule has 0 aromatic heterocycles. The zero-order valence-electron chi connectivity index (χ0n) is 14.4. The van der Waals surface area contributed by atoms with Crippen LogP contribution in [0.25, 0.3) is 0 Å². The second kappa shape index (κ2) is 8.88. The van der Waals surface area contributed by atoms with Crippen molar-refractivity contribution >= 4 is 13.7 Å². The molecule has 138 valence electrons. The van der Waals surface area contributed by atoms with E-state index in [4.69, 9.17) is 13.7 Å². The van der Waals surface area contributed by atoms with Gasteiger partial charge in [-0.25, -0.2) is 10.0 Å². The van der Waals surface area contributed by atoms with E-state index in [1.165, 1.54) is 0 Å². The monoisotopic (exact) mass is 375 g/mol. The molecule has 0 bridgehead atoms. The molecule has 6 nitrogen and oxygen atoms in total. The minimum atomic E-state index is -4.10. The van der Waals surface area contributed by atoms with E-state index in [-0.39, 0.29) is 11.8 Å². The van der Waals surface area contributed by atoms with Crippen molar-refractivity contribution in [3.8, 4) is 11.5 Å². The third kappa shape index (κ3) is 5.35. The quantitative estimate of drug-likeness (QED) is 0.551. The van der Waals surface area contributed by atoms with E-state index >= 15 is 0 Å². The first-order valence-corrected chi connectivity index (χ1v) is 10.2. The molecule has 0 unspecified atom stereocenters. The molecule has 2 aromatic carbocycles. The topological polar surface area (TPSA) is 73.9 Å². The fourth-order valence-corrected chi connectivity index (χ4v) is 3.90. The maximum absolute atomic E-state index is 13.1. The number of rotatable bonds is 7. The normalized spacial score (nSPS) is 15.2. The Bertz CT molecular complexity index is 702. The minimum Gasteiger partial charge on any atom is -0.394 e. The Morgan fingerprint density at radius 1 is 0.846 bits per heavy atom. The zero-order valence-corrected chi connectivity index (χ0v) is 15.3. The Kier molecular flexibility index (Phi) is 6.31. The van der Waals surface area contributed by atoms with Crippen LogP contribution in [0.5, 0.6) is 11.5 Å². The van der Waals surface area contributed by atoms with Crippen molar-refractivity contribution in [3.63, 3.8) is 0 Å². The maximum atomic E-state index is 13.1. The lowest BCUT2D eigenvalue weighted by Crippen LogP contribution is -2.32. The summed E-state index contributed by atoms with van der Waals surface area (Å²) in [5.41, 5.74) is 2.28. The SMILES string of the molecule is O=C(NOP(=O)(Oc1ccccc1)Oc1ccccc1)C1CCCCC1. The first-order chi connectivity index (χ1) is 12.6. The van der Waals surface area contributed by atoms with Crippen LogP contribution in [-0.4, -0.2) is 5.91 Å². The third-order valence-electron chi connectivity index (χ3n) is 4.15. The summed E-state index contributed by atoms with van der Waals surface area (Å²) >= 11 is 0. The summed E-state index contributed by atoms with van der Waals surface area (Å²) in [7, 11) is -4.10. The molecule has 1 fully saturated rings. The van der Waals surface area contributed by atoms with Gasteiger partial charge in [0.05, 0.1) is 0 Å². The summed E-state index contributed by atoms with van der Waals surface area (Å²) in [6, 6.07) is 17.1. The summed E-state index contributed by atoms with van der Waals surface area (Å²) in [4.78, 5) is 12.3. The Labute approximate surface area is 153 Å². The lowest BCUT2D eigenvalue weighted by molar-refractivity contribution is -0.133. The molecular weight excluding hydrogens is 353 g/mol. The van der Waals surface area contributed by atoms with Crippen LogP contribution in [0.2, 0.25) is 0 Å². The Morgan fingerprint density at radius 3 is 1.85 bits per heavy atom. The average molecular weight is 375 g/mol. The number of hydrogen-bond acceptors (Lipinski definition) is 5. The van der Waals surface area contributed by atoms with Crippen LogP contribution in [0, 0.1) is 5.92 Å². The summed E-state index contributed by atoms with van der Waals surface area (Å²) < 4.78 is 29.1. The number of carbonyl (C=O) groups is 1. The van der Waals surface area contributed by atoms with Gasteiger partial charge in [0.25, 0.3) is 0 Å². The summed E-state index contributed by atoms with van der Waals surface area (Å²) in [5, 5.41) is 0. The molecule has 1 amide bonds. The molecular formula is C19H22NO5P. The van der Waals surface area contributed by atoms with Crippen molar-refractivity contribution in [2.45, 2.75) is 32.1 Å². The number of phosphoric ester groups is 1. The highest BCUT2D eigenvalue weighted by atomic mass is 31.2. The second-order valence-corrected chi connectivity index (χ2v) is 7.59. The molecule has 1 aliphatic carbocycles. The standard InChI is InChI=1S/C19H22NO5P/c21-19(16-10-4-1-5-11-16)20-25-26(22,23-17-12-6-2-7-13-17)24-18-14-8-3-9-15-18/h2-3,6-9,12-16H,1,4-5,10-11H2,(H,20,21). The first-order valence-electron chi connectivity index (χ1n) is 8.72. The van der Waals surface area contributed by atoms with Crippen molar-refractivity contribution in [2.75, 3.05) is 0 Å². The van der Waals surface area contributed by atoms with Gasteiger partial charge in [-0.2, -0.15) is 0 Å². The van der Waals surface area contributed by atoms with Gasteiger partial charge in [-0.05, 0) is 37.1 Å². The molecule has 1 N–H and O–H groups in total. The van der Waals surface area contributed by atoms with Crippen molar-refractivity contribution in [2.24, 2.45) is 5.92 Å². The van der Waals surface area contributed by atoms with E-state index in [2.05, 4.69) is 5.48 Å². The molecule has 3 rings (SSSR count). The van der Waals surface area contributed by atoms with Crippen molar-refractivity contribution in [1.29, 1.82) is 0 Å². The van der Waals surface area contributed by atoms with Gasteiger partial charge in [-0.3, -0.25) is 4.79 Å². The molecule has 26 heavy (non-hydrogen) atoms. The molecule has 2 aromatic rings. The zero-order chi connectivity index (χ0) is 18.2. The van der Waals surface area contributed by atoms with Gasteiger partial charge in [0, 0.05) is 5.92 Å². The number of hydroxylamine groups is 1. The van der Waals surface area contributed by atoms with Crippen LogP contribution in [-0.2, 0) is 14.0 Å². The van der Waals surface area contributed by atoms with Crippen LogP contribution in [0.1, 0.15) is 32.1 Å². The molecule has 7 heteroatoms. The van der Waals surface area contributed by atoms with E-state index in [0.717, 1.165) is 32.1 Å². The second-order valence-electron chi connectivity index (χ2n) is 6.15. The number of carbonyl (C=O) groups excluding carboxylic acids is 1. The molecule has 1 saturated carbocycles. The smallest absolute Gasteiger partial charge is 0.394 e. The number of benzene rings is 2. The highest BCUT2D eigenvalue weighted by Gasteiger charge is 2.34. The molecule has 1 aliphatic rings. The highest BCUT2D eigenvalue weighted by molar-refractivity contribution is 7.49. The maximum Gasteiger partial charge on any atom is 0.609 e. The number of para-hydroxylation sites is 2. The van der Waals surface area contributed by atoms with Gasteiger partial charge >= 0.3 is 7.82 Å². The van der Waals surface area contributed by atoms with Crippen LogP contribution >= 0.6 is 7.82 Å². The fraction of sp³-hybridized carbons (Fsp3) is 0.316. The fourth-order valence-electron chi connectivity index (χ4n) is 2.83. The number of amides is 1. The van der Waals surface area contributed by atoms with Gasteiger partial charge in [-0.1, -0.05) is 55.7 Å². The van der Waals surface area contributed by atoms with Gasteiger partial charge in [0.2, 0.25) is 5.91 Å². The van der Waals surface area contributed by atoms with E-state index in [1.807, 2.05) is 12.1 Å². The van der Waals surface area contributed by atoms with Crippen LogP contribution < -0.4 is 14.5 Å². The van der Waals surface area contributed by atoms with E-state index < -0.39 is 7.82 Å². The van der Waals surface area contributed by atoms with Gasteiger partial charge in [0.15, 0.2) is 0 Å². The lowest BCUT2D eigenvalue weighted by atomic mass is 9.89. The van der Waals surface area contributed by atoms with Gasteiger partial charge in [0.1, 0.15) is 11.5 Å². The number of nitrogens with one attached hydrogen (secondary N) is 1. The van der Waals surface area contributed by atoms with Crippen LogP contribution in [0.4, 0.5) is 0 Å². The van der Waals surface area contributed by atoms with E-state index in [9.17, 15) is 9.36 Å². The summed E-state index contributed by atoms with van der Waals surface area (Å²) in [6.07, 6.45) is 4.77. The van der Waals surface area contributed by atoms with E-state index in [0.29, 0.717) is 11.5 Å². The summed E-state index contributed by atoms with van der Waals surface area (Å²) in [5.74, 6) is 0.209. The molecule has 0 aliphatic heterocycles. The lowest BCUT2D eigenvalue weighted by Gasteiger charge is -2.22. The molecule has 0 saturated heterocycles. The number of hydrogen-bond donors (Lipinski definition) is 1. The Morgan fingerprint density at radius 2 is 1.35 bits per heavy atom.